The first kappa shape index (κ1) is 5.21. The second-order valence-electron chi connectivity index (χ2n) is 0.583. The van der Waals surface area contributed by atoms with Crippen LogP contribution in [0.4, 0.5) is 0 Å². The highest BCUT2D eigenvalue weighted by molar-refractivity contribution is 6.18. The lowest BCUT2D eigenvalue weighted by atomic mass is 10.8. The Hall–Kier alpha value is 0.210. The molecule has 0 saturated heterocycles. The second kappa shape index (κ2) is 4.21. The molecular formula is C2H5ClNO-. The zero-order valence-corrected chi connectivity index (χ0v) is 3.46. The van der Waals surface area contributed by atoms with E-state index >= 15 is 0 Å². The standard InChI is InChI=1S/C2H5ClNO/c3-1-2-4-5/h4H,1-2H2/q-1. The lowest BCUT2D eigenvalue weighted by Crippen LogP contribution is -2.05. The molecule has 0 aromatic carbocycles. The Morgan fingerprint density at radius 3 is 2.40 bits per heavy atom. The van der Waals surface area contributed by atoms with E-state index in [1.54, 1.807) is 5.48 Å². The predicted octanol–water partition coefficient (Wildman–Crippen LogP) is 0.313. The molecule has 0 bridgehead atoms. The van der Waals surface area contributed by atoms with Crippen molar-refractivity contribution in [2.24, 2.45) is 0 Å². The minimum Gasteiger partial charge on any atom is -0.788 e. The van der Waals surface area contributed by atoms with Gasteiger partial charge in [0.2, 0.25) is 0 Å². The first-order valence-corrected chi connectivity index (χ1v) is 1.86. The van der Waals surface area contributed by atoms with E-state index in [1.165, 1.54) is 0 Å². The molecule has 0 fully saturated rings. The number of halogens is 1. The Morgan fingerprint density at radius 2 is 2.40 bits per heavy atom. The summed E-state index contributed by atoms with van der Waals surface area (Å²) < 4.78 is 0. The van der Waals surface area contributed by atoms with Crippen LogP contribution in [0.15, 0.2) is 0 Å². The maximum atomic E-state index is 9.20. The largest absolute Gasteiger partial charge is 0.788 e. The molecule has 0 aliphatic rings. The van der Waals surface area contributed by atoms with Crippen LogP contribution in [0.3, 0.4) is 0 Å². The van der Waals surface area contributed by atoms with Crippen LogP contribution >= 0.6 is 11.6 Å². The summed E-state index contributed by atoms with van der Waals surface area (Å²) in [6, 6.07) is 0. The third-order valence-electron chi connectivity index (χ3n) is 0.197. The monoisotopic (exact) mass is 94.0 g/mol. The number of hydrogen-bond donors (Lipinski definition) is 1. The quantitative estimate of drug-likeness (QED) is 0.395. The fraction of sp³-hybridized carbons (Fsp3) is 1.00. The summed E-state index contributed by atoms with van der Waals surface area (Å²) in [5, 5.41) is 9.20. The van der Waals surface area contributed by atoms with Crippen molar-refractivity contribution < 1.29 is 0 Å². The number of hydroxylamine groups is 1. The highest BCUT2D eigenvalue weighted by atomic mass is 35.5. The lowest BCUT2D eigenvalue weighted by molar-refractivity contribution is 0.932. The number of nitrogens with one attached hydrogen (secondary N) is 1. The van der Waals surface area contributed by atoms with E-state index < -0.39 is 0 Å². The van der Waals surface area contributed by atoms with Gasteiger partial charge in [-0.15, -0.1) is 11.6 Å². The van der Waals surface area contributed by atoms with Crippen molar-refractivity contribution in [2.45, 2.75) is 0 Å². The van der Waals surface area contributed by atoms with Gasteiger partial charge >= 0.3 is 0 Å². The Labute approximate surface area is 35.7 Å². The molecule has 0 aliphatic carbocycles. The molecule has 0 amide bonds. The van der Waals surface area contributed by atoms with Crippen LogP contribution in [0, 0.1) is 5.21 Å². The molecule has 0 radical (unpaired) electrons. The van der Waals surface area contributed by atoms with Crippen molar-refractivity contribution in [1.29, 1.82) is 0 Å². The van der Waals surface area contributed by atoms with E-state index in [-0.39, 0.29) is 0 Å². The summed E-state index contributed by atoms with van der Waals surface area (Å²) in [5.41, 5.74) is 1.64. The zero-order valence-electron chi connectivity index (χ0n) is 2.70. The van der Waals surface area contributed by atoms with Gasteiger partial charge < -0.3 is 10.7 Å². The molecule has 32 valence electrons. The highest BCUT2D eigenvalue weighted by Gasteiger charge is 1.62. The lowest BCUT2D eigenvalue weighted by Gasteiger charge is -1.99. The fourth-order valence-electron chi connectivity index (χ4n) is 0.0386. The molecular weight excluding hydrogens is 89.5 g/mol. The Morgan fingerprint density at radius 1 is 1.80 bits per heavy atom. The van der Waals surface area contributed by atoms with E-state index in [4.69, 9.17) is 11.6 Å². The molecule has 2 nitrogen and oxygen atoms in total. The van der Waals surface area contributed by atoms with Gasteiger partial charge in [-0.3, -0.25) is 0 Å². The van der Waals surface area contributed by atoms with Crippen LogP contribution in [0.5, 0.6) is 0 Å². The average Bonchev–Trinajstić information content (AvgIpc) is 1.41. The molecule has 3 heteroatoms. The minimum absolute atomic E-state index is 0.349. The van der Waals surface area contributed by atoms with Crippen molar-refractivity contribution in [3.8, 4) is 0 Å². The van der Waals surface area contributed by atoms with E-state index in [1.807, 2.05) is 0 Å². The van der Waals surface area contributed by atoms with Gasteiger partial charge in [-0.25, -0.2) is 0 Å². The molecule has 0 unspecified atom stereocenters. The van der Waals surface area contributed by atoms with Crippen molar-refractivity contribution in [1.82, 2.24) is 5.48 Å². The first-order valence-electron chi connectivity index (χ1n) is 1.32. The molecule has 0 rings (SSSR count). The van der Waals surface area contributed by atoms with Gasteiger partial charge in [-0.1, -0.05) is 0 Å². The van der Waals surface area contributed by atoms with Gasteiger partial charge in [0.1, 0.15) is 0 Å². The minimum atomic E-state index is 0.349. The molecule has 0 atom stereocenters. The smallest absolute Gasteiger partial charge is 0.0339 e. The van der Waals surface area contributed by atoms with E-state index in [0.717, 1.165) is 0 Å². The number of alkyl halides is 1. The number of rotatable bonds is 2. The summed E-state index contributed by atoms with van der Waals surface area (Å²) >= 11 is 5.04. The maximum absolute atomic E-state index is 9.20. The summed E-state index contributed by atoms with van der Waals surface area (Å²) in [6.45, 7) is 0.349. The second-order valence-corrected chi connectivity index (χ2v) is 0.961. The van der Waals surface area contributed by atoms with Gasteiger partial charge in [0.05, 0.1) is 0 Å². The van der Waals surface area contributed by atoms with Gasteiger partial charge in [0.25, 0.3) is 0 Å². The Kier molecular flexibility index (Phi) is 4.39. The van der Waals surface area contributed by atoms with Gasteiger partial charge in [0, 0.05) is 5.88 Å². The van der Waals surface area contributed by atoms with Gasteiger partial charge in [0.15, 0.2) is 0 Å². The maximum Gasteiger partial charge on any atom is 0.0339 e. The van der Waals surface area contributed by atoms with E-state index in [9.17, 15) is 5.21 Å². The molecule has 0 aromatic rings. The van der Waals surface area contributed by atoms with Crippen LogP contribution in [-0.2, 0) is 0 Å². The van der Waals surface area contributed by atoms with Crippen molar-refractivity contribution >= 4 is 11.6 Å². The SMILES string of the molecule is [O-]NCCCl. The summed E-state index contributed by atoms with van der Waals surface area (Å²) in [5.74, 6) is 0.392. The van der Waals surface area contributed by atoms with Crippen LogP contribution in [0.25, 0.3) is 0 Å². The van der Waals surface area contributed by atoms with Gasteiger partial charge in [-0.2, -0.15) is 0 Å². The summed E-state index contributed by atoms with van der Waals surface area (Å²) in [4.78, 5) is 0. The van der Waals surface area contributed by atoms with Crippen LogP contribution in [0.1, 0.15) is 0 Å². The Balaban J connectivity index is 2.19. The van der Waals surface area contributed by atoms with E-state index in [2.05, 4.69) is 0 Å². The summed E-state index contributed by atoms with van der Waals surface area (Å²) in [7, 11) is 0. The molecule has 5 heavy (non-hydrogen) atoms. The van der Waals surface area contributed by atoms with Crippen molar-refractivity contribution in [2.75, 3.05) is 12.4 Å². The fourth-order valence-corrected chi connectivity index (χ4v) is 0.116. The van der Waals surface area contributed by atoms with Crippen LogP contribution in [-0.4, -0.2) is 12.4 Å². The molecule has 0 aliphatic heterocycles. The topological polar surface area (TPSA) is 35.1 Å². The molecule has 0 aromatic heterocycles. The third kappa shape index (κ3) is 4.21. The molecule has 1 N–H and O–H groups in total. The van der Waals surface area contributed by atoms with Crippen LogP contribution < -0.4 is 5.48 Å². The average molecular weight is 94.5 g/mol. The molecule has 0 saturated carbocycles. The van der Waals surface area contributed by atoms with Crippen molar-refractivity contribution in [3.05, 3.63) is 5.21 Å². The molecule has 0 heterocycles. The third-order valence-corrected chi connectivity index (χ3v) is 0.386. The number of hydrogen-bond acceptors (Lipinski definition) is 2. The zero-order chi connectivity index (χ0) is 4.12. The molecule has 0 spiro atoms. The van der Waals surface area contributed by atoms with Crippen molar-refractivity contribution in [3.63, 3.8) is 0 Å². The predicted molar refractivity (Wildman–Crippen MR) is 22.1 cm³/mol. The van der Waals surface area contributed by atoms with E-state index in [0.29, 0.717) is 12.4 Å². The summed E-state index contributed by atoms with van der Waals surface area (Å²) in [6.07, 6.45) is 0. The normalized spacial score (nSPS) is 8.40. The van der Waals surface area contributed by atoms with Crippen LogP contribution in [0.2, 0.25) is 0 Å². The Bertz CT molecular complexity index is 17.1. The first-order chi connectivity index (χ1) is 2.41. The highest BCUT2D eigenvalue weighted by Crippen LogP contribution is 1.64. The van der Waals surface area contributed by atoms with Gasteiger partial charge in [-0.05, 0) is 6.54 Å².